The summed E-state index contributed by atoms with van der Waals surface area (Å²) in [6, 6.07) is 7.76. The van der Waals surface area contributed by atoms with Crippen molar-refractivity contribution in [3.05, 3.63) is 59.0 Å². The Morgan fingerprint density at radius 1 is 1.34 bits per heavy atom. The molecule has 0 aromatic carbocycles. The number of pyridine rings is 1. The molecule has 0 radical (unpaired) electrons. The highest BCUT2D eigenvalue weighted by Crippen LogP contribution is 2.34. The molecule has 2 aromatic heterocycles. The average molecular weight is 427 g/mol. The van der Waals surface area contributed by atoms with Crippen molar-refractivity contribution >= 4 is 46.2 Å². The fourth-order valence-corrected chi connectivity index (χ4v) is 5.01. The molecule has 0 N–H and O–H groups in total. The van der Waals surface area contributed by atoms with Gasteiger partial charge in [0.2, 0.25) is 5.91 Å². The lowest BCUT2D eigenvalue weighted by Gasteiger charge is -2.36. The maximum atomic E-state index is 13.1. The standard InChI is InChI=1S/C21H22N4O2S2/c1-23-10-5-7-16(23)12-18-20(27)25(21(28)29-18)14-19(26)24-11-3-2-8-17(24)15-6-4-9-22-13-15/h4-7,9-10,12-13,17H,2-3,8,11,14H2,1H3. The Kier molecular flexibility index (Phi) is 5.82. The summed E-state index contributed by atoms with van der Waals surface area (Å²) in [7, 11) is 1.92. The molecule has 2 fully saturated rings. The maximum absolute atomic E-state index is 13.1. The van der Waals surface area contributed by atoms with Crippen LogP contribution in [0.3, 0.4) is 0 Å². The van der Waals surface area contributed by atoms with E-state index in [0.717, 1.165) is 30.5 Å². The van der Waals surface area contributed by atoms with Crippen molar-refractivity contribution in [1.29, 1.82) is 0 Å². The normalized spacial score (nSPS) is 21.3. The highest BCUT2D eigenvalue weighted by Gasteiger charge is 2.36. The largest absolute Gasteiger partial charge is 0.351 e. The Balaban J connectivity index is 1.50. The minimum absolute atomic E-state index is 0.00209. The number of thiocarbonyl (C=S) groups is 1. The van der Waals surface area contributed by atoms with E-state index in [-0.39, 0.29) is 24.4 Å². The van der Waals surface area contributed by atoms with Gasteiger partial charge in [-0.1, -0.05) is 30.0 Å². The van der Waals surface area contributed by atoms with Gasteiger partial charge in [-0.05, 0) is 49.1 Å². The van der Waals surface area contributed by atoms with Crippen LogP contribution in [0.2, 0.25) is 0 Å². The zero-order valence-corrected chi connectivity index (χ0v) is 17.8. The molecule has 2 aliphatic heterocycles. The first-order valence-corrected chi connectivity index (χ1v) is 10.8. The van der Waals surface area contributed by atoms with Crippen molar-refractivity contribution in [3.63, 3.8) is 0 Å². The van der Waals surface area contributed by atoms with Crippen LogP contribution in [0.25, 0.3) is 6.08 Å². The first-order valence-electron chi connectivity index (χ1n) is 9.60. The van der Waals surface area contributed by atoms with Gasteiger partial charge >= 0.3 is 0 Å². The number of carbonyl (C=O) groups excluding carboxylic acids is 2. The third kappa shape index (κ3) is 4.13. The number of hydrogen-bond donors (Lipinski definition) is 0. The molecule has 1 unspecified atom stereocenters. The van der Waals surface area contributed by atoms with Crippen molar-refractivity contribution < 1.29 is 9.59 Å². The number of likely N-dealkylation sites (tertiary alicyclic amines) is 1. The molecule has 1 atom stereocenters. The van der Waals surface area contributed by atoms with E-state index in [0.29, 0.717) is 15.8 Å². The molecular formula is C21H22N4O2S2. The Morgan fingerprint density at radius 3 is 2.93 bits per heavy atom. The van der Waals surface area contributed by atoms with Crippen LogP contribution in [-0.4, -0.2) is 48.6 Å². The summed E-state index contributed by atoms with van der Waals surface area (Å²) < 4.78 is 2.36. The topological polar surface area (TPSA) is 58.4 Å². The smallest absolute Gasteiger partial charge is 0.266 e. The Labute approximate surface area is 179 Å². The number of carbonyl (C=O) groups is 2. The van der Waals surface area contributed by atoms with Crippen LogP contribution < -0.4 is 0 Å². The molecule has 2 amide bonds. The van der Waals surface area contributed by atoms with Crippen LogP contribution in [-0.2, 0) is 16.6 Å². The van der Waals surface area contributed by atoms with Gasteiger partial charge in [0.1, 0.15) is 10.9 Å². The van der Waals surface area contributed by atoms with Gasteiger partial charge in [0, 0.05) is 37.9 Å². The summed E-state index contributed by atoms with van der Waals surface area (Å²) in [5.74, 6) is -0.278. The second kappa shape index (κ2) is 8.51. The molecule has 4 rings (SSSR count). The molecule has 0 aliphatic carbocycles. The molecule has 150 valence electrons. The van der Waals surface area contributed by atoms with E-state index in [1.807, 2.05) is 59.2 Å². The predicted octanol–water partition coefficient (Wildman–Crippen LogP) is 3.38. The van der Waals surface area contributed by atoms with Crippen LogP contribution in [0.4, 0.5) is 0 Å². The van der Waals surface area contributed by atoms with Gasteiger partial charge in [0.15, 0.2) is 0 Å². The fraction of sp³-hybridized carbons (Fsp3) is 0.333. The van der Waals surface area contributed by atoms with Gasteiger partial charge in [-0.2, -0.15) is 0 Å². The summed E-state index contributed by atoms with van der Waals surface area (Å²) in [6.07, 6.45) is 10.2. The number of amides is 2. The van der Waals surface area contributed by atoms with Crippen LogP contribution in [0.1, 0.15) is 36.6 Å². The molecule has 0 bridgehead atoms. The third-order valence-electron chi connectivity index (χ3n) is 5.32. The molecule has 0 spiro atoms. The molecule has 0 saturated carbocycles. The highest BCUT2D eigenvalue weighted by atomic mass is 32.2. The van der Waals surface area contributed by atoms with Gasteiger partial charge in [0.25, 0.3) is 5.91 Å². The Hall–Kier alpha value is -2.45. The Morgan fingerprint density at radius 2 is 2.21 bits per heavy atom. The van der Waals surface area contributed by atoms with E-state index in [4.69, 9.17) is 12.2 Å². The summed E-state index contributed by atoms with van der Waals surface area (Å²) in [4.78, 5) is 34.1. The molecule has 8 heteroatoms. The van der Waals surface area contributed by atoms with Crippen molar-refractivity contribution in [3.8, 4) is 0 Å². The summed E-state index contributed by atoms with van der Waals surface area (Å²) >= 11 is 6.65. The fourth-order valence-electron chi connectivity index (χ4n) is 3.77. The molecule has 2 saturated heterocycles. The van der Waals surface area contributed by atoms with Crippen molar-refractivity contribution in [1.82, 2.24) is 19.4 Å². The summed E-state index contributed by atoms with van der Waals surface area (Å²) in [5.41, 5.74) is 1.96. The van der Waals surface area contributed by atoms with E-state index in [9.17, 15) is 9.59 Å². The zero-order chi connectivity index (χ0) is 20.4. The summed E-state index contributed by atoms with van der Waals surface area (Å²) in [5, 5.41) is 0. The maximum Gasteiger partial charge on any atom is 0.266 e. The van der Waals surface area contributed by atoms with E-state index >= 15 is 0 Å². The first-order chi connectivity index (χ1) is 14.0. The Bertz CT molecular complexity index is 970. The number of rotatable bonds is 4. The second-order valence-electron chi connectivity index (χ2n) is 7.20. The number of hydrogen-bond acceptors (Lipinski definition) is 5. The molecule has 2 aromatic rings. The molecule has 4 heterocycles. The number of thioether (sulfide) groups is 1. The van der Waals surface area contributed by atoms with Crippen molar-refractivity contribution in [2.45, 2.75) is 25.3 Å². The number of piperidine rings is 1. The minimum atomic E-state index is -0.204. The predicted molar refractivity (Wildman–Crippen MR) is 118 cm³/mol. The quantitative estimate of drug-likeness (QED) is 0.554. The van der Waals surface area contributed by atoms with Gasteiger partial charge in [-0.15, -0.1) is 0 Å². The van der Waals surface area contributed by atoms with Gasteiger partial charge in [0.05, 0.1) is 10.9 Å². The van der Waals surface area contributed by atoms with E-state index in [2.05, 4.69) is 4.98 Å². The average Bonchev–Trinajstić information content (AvgIpc) is 3.26. The van der Waals surface area contributed by atoms with Gasteiger partial charge < -0.3 is 9.47 Å². The summed E-state index contributed by atoms with van der Waals surface area (Å²) in [6.45, 7) is 0.665. The number of aromatic nitrogens is 2. The lowest BCUT2D eigenvalue weighted by atomic mass is 9.96. The van der Waals surface area contributed by atoms with Crippen LogP contribution in [0.15, 0.2) is 47.8 Å². The van der Waals surface area contributed by atoms with Crippen molar-refractivity contribution in [2.75, 3.05) is 13.1 Å². The molecule has 29 heavy (non-hydrogen) atoms. The SMILES string of the molecule is Cn1cccc1C=C1SC(=S)N(CC(=O)N2CCCCC2c2cccnc2)C1=O. The van der Waals surface area contributed by atoms with E-state index in [1.165, 1.54) is 16.7 Å². The lowest BCUT2D eigenvalue weighted by Crippen LogP contribution is -2.45. The third-order valence-corrected chi connectivity index (χ3v) is 6.70. The molecular weight excluding hydrogens is 404 g/mol. The highest BCUT2D eigenvalue weighted by molar-refractivity contribution is 8.26. The first kappa shape index (κ1) is 19.8. The van der Waals surface area contributed by atoms with Crippen LogP contribution >= 0.6 is 24.0 Å². The molecule has 2 aliphatic rings. The number of aryl methyl sites for hydroxylation is 1. The van der Waals surface area contributed by atoms with E-state index < -0.39 is 0 Å². The van der Waals surface area contributed by atoms with Crippen molar-refractivity contribution in [2.24, 2.45) is 7.05 Å². The molecule has 6 nitrogen and oxygen atoms in total. The number of nitrogens with zero attached hydrogens (tertiary/aromatic N) is 4. The van der Waals surface area contributed by atoms with E-state index in [1.54, 1.807) is 6.20 Å². The van der Waals surface area contributed by atoms with Crippen LogP contribution in [0.5, 0.6) is 0 Å². The zero-order valence-electron chi connectivity index (χ0n) is 16.2. The monoisotopic (exact) mass is 426 g/mol. The lowest BCUT2D eigenvalue weighted by molar-refractivity contribution is -0.138. The van der Waals surface area contributed by atoms with Crippen LogP contribution in [0, 0.1) is 0 Å². The van der Waals surface area contributed by atoms with Gasteiger partial charge in [-0.3, -0.25) is 19.5 Å². The van der Waals surface area contributed by atoms with Gasteiger partial charge in [-0.25, -0.2) is 0 Å². The minimum Gasteiger partial charge on any atom is -0.351 e. The second-order valence-corrected chi connectivity index (χ2v) is 8.87.